The number of rotatable bonds is 7. The number of hydrogen-bond acceptors (Lipinski definition) is 6. The van der Waals surface area contributed by atoms with E-state index in [0.29, 0.717) is 28.7 Å². The van der Waals surface area contributed by atoms with Crippen molar-refractivity contribution in [2.75, 3.05) is 4.72 Å². The van der Waals surface area contributed by atoms with E-state index >= 15 is 0 Å². The molecule has 4 aromatic rings. The highest BCUT2D eigenvalue weighted by Crippen LogP contribution is 2.22. The van der Waals surface area contributed by atoms with E-state index in [1.807, 2.05) is 0 Å². The summed E-state index contributed by atoms with van der Waals surface area (Å²) in [5, 5.41) is 8.07. The highest BCUT2D eigenvalue weighted by molar-refractivity contribution is 7.91. The van der Waals surface area contributed by atoms with Crippen molar-refractivity contribution in [3.05, 3.63) is 90.8 Å². The monoisotopic (exact) mass is 425 g/mol. The lowest BCUT2D eigenvalue weighted by atomic mass is 10.2. The molecule has 0 unspecified atom stereocenters. The SMILES string of the molecule is O=S(=O)(Cc1ccc(F)cc1)Nc1ccc(Oc2ccc(-n3ccnc3)nn2)cc1. The van der Waals surface area contributed by atoms with Gasteiger partial charge in [-0.15, -0.1) is 10.2 Å². The number of imidazole rings is 1. The van der Waals surface area contributed by atoms with Crippen LogP contribution in [-0.4, -0.2) is 28.2 Å². The lowest BCUT2D eigenvalue weighted by Gasteiger charge is -2.09. The van der Waals surface area contributed by atoms with E-state index in [2.05, 4.69) is 19.9 Å². The Kier molecular flexibility index (Phi) is 5.40. The Bertz CT molecular complexity index is 1210. The molecule has 0 amide bonds. The highest BCUT2D eigenvalue weighted by atomic mass is 32.2. The van der Waals surface area contributed by atoms with Gasteiger partial charge in [0.05, 0.1) is 5.75 Å². The molecule has 0 bridgehead atoms. The number of nitrogens with one attached hydrogen (secondary N) is 1. The van der Waals surface area contributed by atoms with Crippen molar-refractivity contribution in [1.29, 1.82) is 0 Å². The van der Waals surface area contributed by atoms with Crippen molar-refractivity contribution in [1.82, 2.24) is 19.7 Å². The molecule has 0 aliphatic heterocycles. The Hall–Kier alpha value is -3.79. The maximum absolute atomic E-state index is 13.0. The minimum absolute atomic E-state index is 0.260. The van der Waals surface area contributed by atoms with Gasteiger partial charge in [-0.2, -0.15) is 0 Å². The topological polar surface area (TPSA) is 99.0 Å². The first-order valence-corrected chi connectivity index (χ1v) is 10.5. The second-order valence-corrected chi connectivity index (χ2v) is 8.04. The summed E-state index contributed by atoms with van der Waals surface area (Å²) in [6.07, 6.45) is 5.00. The maximum atomic E-state index is 13.0. The van der Waals surface area contributed by atoms with Crippen LogP contribution in [0.3, 0.4) is 0 Å². The Morgan fingerprint density at radius 1 is 0.967 bits per heavy atom. The van der Waals surface area contributed by atoms with Gasteiger partial charge < -0.3 is 4.74 Å². The van der Waals surface area contributed by atoms with E-state index in [1.54, 1.807) is 59.7 Å². The number of benzene rings is 2. The fourth-order valence-electron chi connectivity index (χ4n) is 2.63. The number of aromatic nitrogens is 4. The first kappa shape index (κ1) is 19.5. The van der Waals surface area contributed by atoms with E-state index in [1.165, 1.54) is 24.3 Å². The summed E-state index contributed by atoms with van der Waals surface area (Å²) < 4.78 is 47.4. The van der Waals surface area contributed by atoms with E-state index in [4.69, 9.17) is 4.74 Å². The molecule has 0 aliphatic carbocycles. The zero-order chi connectivity index (χ0) is 21.0. The van der Waals surface area contributed by atoms with Crippen molar-refractivity contribution in [2.24, 2.45) is 0 Å². The molecule has 0 atom stereocenters. The summed E-state index contributed by atoms with van der Waals surface area (Å²) in [5.41, 5.74) is 0.868. The van der Waals surface area contributed by atoms with Crippen LogP contribution in [-0.2, 0) is 15.8 Å². The molecule has 0 fully saturated rings. The molecule has 4 rings (SSSR count). The molecule has 2 aromatic heterocycles. The van der Waals surface area contributed by atoms with Gasteiger partial charge in [0.15, 0.2) is 5.82 Å². The predicted molar refractivity (Wildman–Crippen MR) is 108 cm³/mol. The van der Waals surface area contributed by atoms with Crippen molar-refractivity contribution < 1.29 is 17.5 Å². The largest absolute Gasteiger partial charge is 0.438 e. The molecule has 0 saturated carbocycles. The second-order valence-electron chi connectivity index (χ2n) is 6.31. The van der Waals surface area contributed by atoms with Gasteiger partial charge in [-0.1, -0.05) is 12.1 Å². The number of anilines is 1. The first-order valence-electron chi connectivity index (χ1n) is 8.82. The fourth-order valence-corrected chi connectivity index (χ4v) is 3.83. The van der Waals surface area contributed by atoms with Gasteiger partial charge in [-0.05, 0) is 48.0 Å². The van der Waals surface area contributed by atoms with Gasteiger partial charge in [0.25, 0.3) is 0 Å². The Balaban J connectivity index is 1.38. The summed E-state index contributed by atoms with van der Waals surface area (Å²) >= 11 is 0. The third-order valence-electron chi connectivity index (χ3n) is 4.01. The molecular formula is C20H16FN5O3S. The molecule has 2 heterocycles. The Morgan fingerprint density at radius 2 is 1.73 bits per heavy atom. The van der Waals surface area contributed by atoms with Crippen LogP contribution in [0.2, 0.25) is 0 Å². The van der Waals surface area contributed by atoms with E-state index in [0.717, 1.165) is 0 Å². The standard InChI is InChI=1S/C20H16FN5O3S/c21-16-3-1-15(2-4-16)13-30(27,28)25-17-5-7-18(8-6-17)29-20-10-9-19(23-24-20)26-12-11-22-14-26/h1-12,14,25H,13H2. The molecule has 0 spiro atoms. The van der Waals surface area contributed by atoms with Gasteiger partial charge in [-0.3, -0.25) is 9.29 Å². The average molecular weight is 425 g/mol. The summed E-state index contributed by atoms with van der Waals surface area (Å²) in [4.78, 5) is 3.95. The van der Waals surface area contributed by atoms with Crippen molar-refractivity contribution in [3.8, 4) is 17.4 Å². The molecule has 8 nitrogen and oxygen atoms in total. The van der Waals surface area contributed by atoms with Crippen molar-refractivity contribution >= 4 is 15.7 Å². The van der Waals surface area contributed by atoms with Crippen molar-refractivity contribution in [3.63, 3.8) is 0 Å². The van der Waals surface area contributed by atoms with E-state index in [-0.39, 0.29) is 5.75 Å². The normalized spacial score (nSPS) is 11.2. The number of ether oxygens (including phenoxy) is 1. The number of halogens is 1. The van der Waals surface area contributed by atoms with Gasteiger partial charge in [0.1, 0.15) is 17.9 Å². The van der Waals surface area contributed by atoms with E-state index in [9.17, 15) is 12.8 Å². The van der Waals surface area contributed by atoms with Gasteiger partial charge in [-0.25, -0.2) is 17.8 Å². The summed E-state index contributed by atoms with van der Waals surface area (Å²) in [6.45, 7) is 0. The lowest BCUT2D eigenvalue weighted by molar-refractivity contribution is 0.454. The third kappa shape index (κ3) is 4.97. The Labute approximate surface area is 172 Å². The molecule has 0 aliphatic rings. The van der Waals surface area contributed by atoms with Crippen LogP contribution in [0.5, 0.6) is 11.6 Å². The van der Waals surface area contributed by atoms with Crippen molar-refractivity contribution in [2.45, 2.75) is 5.75 Å². The molecule has 2 aromatic carbocycles. The molecule has 0 radical (unpaired) electrons. The molecular weight excluding hydrogens is 409 g/mol. The average Bonchev–Trinajstić information content (AvgIpc) is 3.26. The molecule has 0 saturated heterocycles. The second kappa shape index (κ2) is 8.29. The van der Waals surface area contributed by atoms with E-state index < -0.39 is 15.8 Å². The van der Waals surface area contributed by atoms with Crippen LogP contribution < -0.4 is 9.46 Å². The number of nitrogens with zero attached hydrogens (tertiary/aromatic N) is 4. The smallest absolute Gasteiger partial charge is 0.238 e. The Morgan fingerprint density at radius 3 is 2.37 bits per heavy atom. The third-order valence-corrected chi connectivity index (χ3v) is 5.28. The summed E-state index contributed by atoms with van der Waals surface area (Å²) in [7, 11) is -3.64. The number of hydrogen-bond donors (Lipinski definition) is 1. The predicted octanol–water partition coefficient (Wildman–Crippen LogP) is 3.54. The molecule has 10 heteroatoms. The van der Waals surface area contributed by atoms with Crippen LogP contribution >= 0.6 is 0 Å². The maximum Gasteiger partial charge on any atom is 0.238 e. The summed E-state index contributed by atoms with van der Waals surface area (Å²) in [6, 6.07) is 15.1. The van der Waals surface area contributed by atoms with Crippen LogP contribution in [0, 0.1) is 5.82 Å². The molecule has 1 N–H and O–H groups in total. The van der Waals surface area contributed by atoms with Gasteiger partial charge in [0, 0.05) is 24.1 Å². The zero-order valence-corrected chi connectivity index (χ0v) is 16.3. The fraction of sp³-hybridized carbons (Fsp3) is 0.0500. The molecule has 152 valence electrons. The van der Waals surface area contributed by atoms with Crippen LogP contribution in [0.4, 0.5) is 10.1 Å². The summed E-state index contributed by atoms with van der Waals surface area (Å²) in [5.74, 6) is 0.695. The lowest BCUT2D eigenvalue weighted by Crippen LogP contribution is -2.15. The molecule has 30 heavy (non-hydrogen) atoms. The van der Waals surface area contributed by atoms with Gasteiger partial charge >= 0.3 is 0 Å². The van der Waals surface area contributed by atoms with Crippen LogP contribution in [0.1, 0.15) is 5.56 Å². The number of sulfonamides is 1. The zero-order valence-electron chi connectivity index (χ0n) is 15.5. The quantitative estimate of drug-likeness (QED) is 0.486. The van der Waals surface area contributed by atoms with Crippen LogP contribution in [0.15, 0.2) is 79.4 Å². The van der Waals surface area contributed by atoms with Gasteiger partial charge in [0.2, 0.25) is 15.9 Å². The minimum atomic E-state index is -3.64. The first-order chi connectivity index (χ1) is 14.5. The van der Waals surface area contributed by atoms with Crippen LogP contribution in [0.25, 0.3) is 5.82 Å². The minimum Gasteiger partial charge on any atom is -0.438 e. The highest BCUT2D eigenvalue weighted by Gasteiger charge is 2.12.